The van der Waals surface area contributed by atoms with E-state index in [0.717, 1.165) is 5.92 Å². The molecular weight excluding hydrogens is 174 g/mol. The maximum Gasteiger partial charge on any atom is 0.0752 e. The third kappa shape index (κ3) is 3.58. The molecule has 1 saturated carbocycles. The highest BCUT2D eigenvalue weighted by Crippen LogP contribution is 2.36. The van der Waals surface area contributed by atoms with Gasteiger partial charge in [-0.05, 0) is 32.2 Å². The molecule has 1 rings (SSSR count). The molecule has 0 heterocycles. The molecule has 2 atom stereocenters. The Morgan fingerprint density at radius 1 is 1.36 bits per heavy atom. The Morgan fingerprint density at radius 3 is 2.50 bits per heavy atom. The predicted octanol–water partition coefficient (Wildman–Crippen LogP) is 2.58. The first-order chi connectivity index (χ1) is 6.83. The third-order valence-corrected chi connectivity index (χ3v) is 3.24. The van der Waals surface area contributed by atoms with E-state index in [2.05, 4.69) is 19.3 Å². The summed E-state index contributed by atoms with van der Waals surface area (Å²) in [5.41, 5.74) is 0. The molecule has 0 radical (unpaired) electrons. The van der Waals surface area contributed by atoms with Gasteiger partial charge >= 0.3 is 0 Å². The first-order valence-corrected chi connectivity index (χ1v) is 6.03. The molecule has 1 aliphatic rings. The molecule has 0 aliphatic heterocycles. The number of methoxy groups -OCH3 is 1. The Morgan fingerprint density at radius 2 is 2.07 bits per heavy atom. The minimum atomic E-state index is 0.455. The topological polar surface area (TPSA) is 21.3 Å². The van der Waals surface area contributed by atoms with E-state index in [-0.39, 0.29) is 0 Å². The number of hydrogen-bond donors (Lipinski definition) is 1. The van der Waals surface area contributed by atoms with Gasteiger partial charge in [-0.25, -0.2) is 0 Å². The van der Waals surface area contributed by atoms with Crippen molar-refractivity contribution in [3.63, 3.8) is 0 Å². The van der Waals surface area contributed by atoms with E-state index in [1.165, 1.54) is 38.5 Å². The van der Waals surface area contributed by atoms with Crippen LogP contribution in [0.2, 0.25) is 0 Å². The van der Waals surface area contributed by atoms with E-state index in [0.29, 0.717) is 12.1 Å². The van der Waals surface area contributed by atoms with Crippen LogP contribution >= 0.6 is 0 Å². The van der Waals surface area contributed by atoms with E-state index in [4.69, 9.17) is 4.74 Å². The fraction of sp³-hybridized carbons (Fsp3) is 1.00. The minimum absolute atomic E-state index is 0.455. The van der Waals surface area contributed by atoms with Crippen LogP contribution in [0.25, 0.3) is 0 Å². The Balaban J connectivity index is 2.26. The molecule has 1 fully saturated rings. The van der Waals surface area contributed by atoms with Crippen molar-refractivity contribution in [2.45, 2.75) is 57.6 Å². The number of likely N-dealkylation sites (N-methyl/N-ethyl adjacent to an activating group) is 1. The van der Waals surface area contributed by atoms with E-state index in [1.54, 1.807) is 0 Å². The average Bonchev–Trinajstić information content (AvgIpc) is 3.01. The number of unbranched alkanes of at least 4 members (excludes halogenated alkanes) is 2. The standard InChI is InChI=1S/C12H25NO/c1-4-5-6-7-11(13-2)12(14-3)10-8-9-10/h10-13H,4-9H2,1-3H3. The van der Waals surface area contributed by atoms with E-state index >= 15 is 0 Å². The van der Waals surface area contributed by atoms with Crippen LogP contribution in [-0.2, 0) is 4.74 Å². The van der Waals surface area contributed by atoms with Gasteiger partial charge in [-0.1, -0.05) is 26.2 Å². The monoisotopic (exact) mass is 199 g/mol. The van der Waals surface area contributed by atoms with Gasteiger partial charge in [0.2, 0.25) is 0 Å². The van der Waals surface area contributed by atoms with E-state index < -0.39 is 0 Å². The summed E-state index contributed by atoms with van der Waals surface area (Å²) in [6.45, 7) is 2.25. The van der Waals surface area contributed by atoms with Gasteiger partial charge in [0.05, 0.1) is 6.10 Å². The largest absolute Gasteiger partial charge is 0.380 e. The summed E-state index contributed by atoms with van der Waals surface area (Å²) in [4.78, 5) is 0. The fourth-order valence-electron chi connectivity index (χ4n) is 2.20. The zero-order valence-electron chi connectivity index (χ0n) is 9.88. The highest BCUT2D eigenvalue weighted by atomic mass is 16.5. The SMILES string of the molecule is CCCCCC(NC)C(OC)C1CC1. The quantitative estimate of drug-likeness (QED) is 0.607. The van der Waals surface area contributed by atoms with Gasteiger partial charge in [0.1, 0.15) is 0 Å². The third-order valence-electron chi connectivity index (χ3n) is 3.24. The summed E-state index contributed by atoms with van der Waals surface area (Å²) in [7, 11) is 3.91. The first kappa shape index (κ1) is 12.0. The van der Waals surface area contributed by atoms with Gasteiger partial charge in [0.15, 0.2) is 0 Å². The zero-order chi connectivity index (χ0) is 10.4. The lowest BCUT2D eigenvalue weighted by Gasteiger charge is -2.25. The van der Waals surface area contributed by atoms with Crippen LogP contribution in [0.3, 0.4) is 0 Å². The highest BCUT2D eigenvalue weighted by molar-refractivity contribution is 4.89. The second-order valence-corrected chi connectivity index (χ2v) is 4.43. The van der Waals surface area contributed by atoms with Crippen LogP contribution in [0.15, 0.2) is 0 Å². The molecule has 0 bridgehead atoms. The summed E-state index contributed by atoms with van der Waals surface area (Å²) in [6, 6.07) is 0.569. The molecule has 2 unspecified atom stereocenters. The van der Waals surface area contributed by atoms with Crippen LogP contribution in [0.5, 0.6) is 0 Å². The molecule has 1 N–H and O–H groups in total. The number of nitrogens with one attached hydrogen (secondary N) is 1. The van der Waals surface area contributed by atoms with E-state index in [1.807, 2.05) is 7.11 Å². The lowest BCUT2D eigenvalue weighted by atomic mass is 10.00. The molecule has 0 saturated heterocycles. The lowest BCUT2D eigenvalue weighted by Crippen LogP contribution is -2.40. The van der Waals surface area contributed by atoms with Gasteiger partial charge in [0, 0.05) is 13.2 Å². The normalized spacial score (nSPS) is 20.8. The summed E-state index contributed by atoms with van der Waals surface area (Å²) < 4.78 is 5.60. The Bertz CT molecular complexity index is 145. The first-order valence-electron chi connectivity index (χ1n) is 6.03. The van der Waals surface area contributed by atoms with Gasteiger partial charge in [0.25, 0.3) is 0 Å². The van der Waals surface area contributed by atoms with Crippen molar-refractivity contribution < 1.29 is 4.74 Å². The molecule has 1 aliphatic carbocycles. The van der Waals surface area contributed by atoms with Crippen molar-refractivity contribution in [3.8, 4) is 0 Å². The molecule has 2 nitrogen and oxygen atoms in total. The molecular formula is C12H25NO. The molecule has 0 aromatic carbocycles. The summed E-state index contributed by atoms with van der Waals surface area (Å²) in [6.07, 6.45) is 8.43. The number of rotatable bonds is 8. The van der Waals surface area contributed by atoms with Crippen molar-refractivity contribution >= 4 is 0 Å². The second kappa shape index (κ2) is 6.41. The maximum atomic E-state index is 5.60. The molecule has 0 spiro atoms. The predicted molar refractivity (Wildman–Crippen MR) is 60.5 cm³/mol. The van der Waals surface area contributed by atoms with Crippen molar-refractivity contribution in [1.29, 1.82) is 0 Å². The van der Waals surface area contributed by atoms with Crippen molar-refractivity contribution in [1.82, 2.24) is 5.32 Å². The van der Waals surface area contributed by atoms with Gasteiger partial charge in [-0.2, -0.15) is 0 Å². The van der Waals surface area contributed by atoms with Crippen LogP contribution < -0.4 is 5.32 Å². The average molecular weight is 199 g/mol. The Kier molecular flexibility index (Phi) is 5.49. The van der Waals surface area contributed by atoms with Crippen molar-refractivity contribution in [2.24, 2.45) is 5.92 Å². The summed E-state index contributed by atoms with van der Waals surface area (Å²) in [5, 5.41) is 3.41. The highest BCUT2D eigenvalue weighted by Gasteiger charge is 2.35. The number of ether oxygens (including phenoxy) is 1. The van der Waals surface area contributed by atoms with E-state index in [9.17, 15) is 0 Å². The lowest BCUT2D eigenvalue weighted by molar-refractivity contribution is 0.0500. The molecule has 0 aromatic rings. The van der Waals surface area contributed by atoms with Gasteiger partial charge in [-0.3, -0.25) is 0 Å². The minimum Gasteiger partial charge on any atom is -0.380 e. The van der Waals surface area contributed by atoms with Crippen LogP contribution in [0.1, 0.15) is 45.4 Å². The molecule has 0 aromatic heterocycles. The molecule has 14 heavy (non-hydrogen) atoms. The Labute approximate surface area is 88.4 Å². The summed E-state index contributed by atoms with van der Waals surface area (Å²) in [5.74, 6) is 0.832. The number of hydrogen-bond acceptors (Lipinski definition) is 2. The summed E-state index contributed by atoms with van der Waals surface area (Å²) >= 11 is 0. The van der Waals surface area contributed by atoms with Crippen molar-refractivity contribution in [3.05, 3.63) is 0 Å². The van der Waals surface area contributed by atoms with Crippen LogP contribution in [-0.4, -0.2) is 26.3 Å². The molecule has 0 amide bonds. The van der Waals surface area contributed by atoms with Crippen molar-refractivity contribution in [2.75, 3.05) is 14.2 Å². The second-order valence-electron chi connectivity index (χ2n) is 4.43. The molecule has 84 valence electrons. The van der Waals surface area contributed by atoms with Gasteiger partial charge in [-0.15, -0.1) is 0 Å². The zero-order valence-corrected chi connectivity index (χ0v) is 9.88. The van der Waals surface area contributed by atoms with Crippen LogP contribution in [0, 0.1) is 5.92 Å². The molecule has 2 heteroatoms. The van der Waals surface area contributed by atoms with Gasteiger partial charge < -0.3 is 10.1 Å². The Hall–Kier alpha value is -0.0800. The smallest absolute Gasteiger partial charge is 0.0752 e. The fourth-order valence-corrected chi connectivity index (χ4v) is 2.20. The maximum absolute atomic E-state index is 5.60. The van der Waals surface area contributed by atoms with Crippen LogP contribution in [0.4, 0.5) is 0 Å².